The first-order valence-electron chi connectivity index (χ1n) is 8.90. The van der Waals surface area contributed by atoms with Crippen molar-refractivity contribution in [1.29, 1.82) is 0 Å². The molecule has 0 aromatic carbocycles. The molecule has 1 unspecified atom stereocenters. The molecule has 0 heterocycles. The molecule has 0 aliphatic carbocycles. The monoisotopic (exact) mass is 284 g/mol. The Bertz CT molecular complexity index is 213. The van der Waals surface area contributed by atoms with Crippen LogP contribution in [0.4, 0.5) is 0 Å². The number of esters is 1. The maximum absolute atomic E-state index is 11.7. The Morgan fingerprint density at radius 3 is 2.05 bits per heavy atom. The van der Waals surface area contributed by atoms with E-state index in [1.807, 2.05) is 0 Å². The predicted molar refractivity (Wildman–Crippen MR) is 86.9 cm³/mol. The van der Waals surface area contributed by atoms with Gasteiger partial charge in [-0.05, 0) is 25.2 Å². The summed E-state index contributed by atoms with van der Waals surface area (Å²) < 4.78 is 5.47. The predicted octanol–water partition coefficient (Wildman–Crippen LogP) is 5.89. The van der Waals surface area contributed by atoms with Gasteiger partial charge in [0.15, 0.2) is 0 Å². The van der Waals surface area contributed by atoms with Crippen LogP contribution in [0.1, 0.15) is 97.8 Å². The number of hydrogen-bond acceptors (Lipinski definition) is 2. The van der Waals surface area contributed by atoms with Gasteiger partial charge in [0.2, 0.25) is 0 Å². The lowest BCUT2D eigenvalue weighted by molar-refractivity contribution is -0.145. The molecular weight excluding hydrogens is 248 g/mol. The molecule has 0 N–H and O–H groups in total. The average Bonchev–Trinajstić information content (AvgIpc) is 2.45. The number of carbonyl (C=O) groups excluding carboxylic acids is 1. The van der Waals surface area contributed by atoms with Crippen LogP contribution in [-0.2, 0) is 9.53 Å². The zero-order chi connectivity index (χ0) is 15.1. The lowest BCUT2D eigenvalue weighted by Crippen LogP contribution is -2.14. The third kappa shape index (κ3) is 12.5. The lowest BCUT2D eigenvalue weighted by atomic mass is 9.96. The Balaban J connectivity index is 3.80. The van der Waals surface area contributed by atoms with Gasteiger partial charge in [-0.1, -0.05) is 72.1 Å². The molecule has 0 aromatic heterocycles. The van der Waals surface area contributed by atoms with E-state index in [1.54, 1.807) is 0 Å². The minimum absolute atomic E-state index is 0.00788. The number of carbonyl (C=O) groups is 1. The molecule has 0 spiro atoms. The van der Waals surface area contributed by atoms with Crippen molar-refractivity contribution in [3.63, 3.8) is 0 Å². The van der Waals surface area contributed by atoms with Gasteiger partial charge in [0.05, 0.1) is 6.61 Å². The molecule has 2 nitrogen and oxygen atoms in total. The summed E-state index contributed by atoms with van der Waals surface area (Å²) in [5, 5.41) is 0. The van der Waals surface area contributed by atoms with Crippen LogP contribution in [0.2, 0.25) is 0 Å². The Morgan fingerprint density at radius 1 is 0.800 bits per heavy atom. The summed E-state index contributed by atoms with van der Waals surface area (Å²) in [6.45, 7) is 7.27. The lowest BCUT2D eigenvalue weighted by Gasteiger charge is -2.16. The maximum Gasteiger partial charge on any atom is 0.305 e. The van der Waals surface area contributed by atoms with Gasteiger partial charge in [0, 0.05) is 6.42 Å². The molecule has 20 heavy (non-hydrogen) atoms. The molecule has 0 aliphatic heterocycles. The third-order valence-corrected chi connectivity index (χ3v) is 3.90. The second kappa shape index (κ2) is 14.9. The van der Waals surface area contributed by atoms with Crippen molar-refractivity contribution in [2.45, 2.75) is 97.8 Å². The molecule has 0 radical (unpaired) electrons. The first-order valence-corrected chi connectivity index (χ1v) is 8.90. The molecule has 0 fully saturated rings. The topological polar surface area (TPSA) is 26.3 Å². The molecule has 0 aromatic rings. The van der Waals surface area contributed by atoms with Gasteiger partial charge in [0.1, 0.15) is 0 Å². The van der Waals surface area contributed by atoms with Gasteiger partial charge in [-0.15, -0.1) is 0 Å². The van der Waals surface area contributed by atoms with Crippen LogP contribution in [0.15, 0.2) is 0 Å². The minimum Gasteiger partial charge on any atom is -0.465 e. The van der Waals surface area contributed by atoms with Gasteiger partial charge in [-0.3, -0.25) is 4.79 Å². The first kappa shape index (κ1) is 19.5. The van der Waals surface area contributed by atoms with Crippen molar-refractivity contribution < 1.29 is 9.53 Å². The van der Waals surface area contributed by atoms with E-state index >= 15 is 0 Å². The smallest absolute Gasteiger partial charge is 0.305 e. The molecule has 0 rings (SSSR count). The maximum atomic E-state index is 11.7. The van der Waals surface area contributed by atoms with Crippen molar-refractivity contribution >= 4 is 5.97 Å². The molecule has 0 amide bonds. The number of ether oxygens (including phenoxy) is 1. The summed E-state index contributed by atoms with van der Waals surface area (Å²) in [7, 11) is 0. The fourth-order valence-electron chi connectivity index (χ4n) is 2.47. The van der Waals surface area contributed by atoms with Crippen LogP contribution in [0.3, 0.4) is 0 Å². The van der Waals surface area contributed by atoms with Gasteiger partial charge >= 0.3 is 5.97 Å². The number of rotatable bonds is 14. The minimum atomic E-state index is 0.00788. The molecule has 2 heteroatoms. The van der Waals surface area contributed by atoms with Crippen molar-refractivity contribution in [3.8, 4) is 0 Å². The fraction of sp³-hybridized carbons (Fsp3) is 0.944. The summed E-state index contributed by atoms with van der Waals surface area (Å²) in [5.41, 5.74) is 0. The van der Waals surface area contributed by atoms with Crippen LogP contribution in [-0.4, -0.2) is 12.6 Å². The molecule has 0 saturated heterocycles. The van der Waals surface area contributed by atoms with Gasteiger partial charge < -0.3 is 4.74 Å². The normalized spacial score (nSPS) is 12.3. The van der Waals surface area contributed by atoms with Crippen LogP contribution in [0.5, 0.6) is 0 Å². The Kier molecular flexibility index (Phi) is 14.5. The first-order chi connectivity index (χ1) is 9.74. The van der Waals surface area contributed by atoms with E-state index in [1.165, 1.54) is 51.4 Å². The van der Waals surface area contributed by atoms with Crippen molar-refractivity contribution in [3.05, 3.63) is 0 Å². The summed E-state index contributed by atoms with van der Waals surface area (Å²) in [6, 6.07) is 0. The van der Waals surface area contributed by atoms with Gasteiger partial charge in [0.25, 0.3) is 0 Å². The molecule has 0 bridgehead atoms. The van der Waals surface area contributed by atoms with E-state index in [-0.39, 0.29) is 5.97 Å². The van der Waals surface area contributed by atoms with Crippen molar-refractivity contribution in [2.24, 2.45) is 5.92 Å². The van der Waals surface area contributed by atoms with Crippen molar-refractivity contribution in [2.75, 3.05) is 6.61 Å². The highest BCUT2D eigenvalue weighted by Gasteiger charge is 2.11. The molecule has 120 valence electrons. The van der Waals surface area contributed by atoms with Crippen LogP contribution in [0.25, 0.3) is 0 Å². The summed E-state index contributed by atoms with van der Waals surface area (Å²) in [6.07, 6.45) is 14.0. The molecule has 0 saturated carbocycles. The van der Waals surface area contributed by atoms with Gasteiger partial charge in [-0.25, -0.2) is 0 Å². The highest BCUT2D eigenvalue weighted by molar-refractivity contribution is 5.69. The van der Waals surface area contributed by atoms with E-state index in [0.717, 1.165) is 19.3 Å². The molecule has 0 aliphatic rings. The number of unbranched alkanes of at least 4 members (excludes halogenated alkanes) is 6. The van der Waals surface area contributed by atoms with Crippen LogP contribution < -0.4 is 0 Å². The second-order valence-corrected chi connectivity index (χ2v) is 6.00. The highest BCUT2D eigenvalue weighted by Crippen LogP contribution is 2.18. The van der Waals surface area contributed by atoms with Gasteiger partial charge in [-0.2, -0.15) is 0 Å². The zero-order valence-corrected chi connectivity index (χ0v) is 14.1. The average molecular weight is 284 g/mol. The largest absolute Gasteiger partial charge is 0.465 e. The standard InChI is InChI=1S/C18H36O2/c1-4-7-10-12-14-17(13-9-6-3)16-20-18(19)15-11-8-5-2/h17H,4-16H2,1-3H3. The fourth-order valence-corrected chi connectivity index (χ4v) is 2.47. The van der Waals surface area contributed by atoms with E-state index in [0.29, 0.717) is 18.9 Å². The van der Waals surface area contributed by atoms with E-state index < -0.39 is 0 Å². The molecule has 1 atom stereocenters. The van der Waals surface area contributed by atoms with Crippen molar-refractivity contribution in [1.82, 2.24) is 0 Å². The summed E-state index contributed by atoms with van der Waals surface area (Å²) >= 11 is 0. The van der Waals surface area contributed by atoms with E-state index in [4.69, 9.17) is 4.74 Å². The molecular formula is C18H36O2. The Morgan fingerprint density at radius 2 is 1.40 bits per heavy atom. The third-order valence-electron chi connectivity index (χ3n) is 3.90. The zero-order valence-electron chi connectivity index (χ0n) is 14.1. The van der Waals surface area contributed by atoms with Crippen LogP contribution in [0, 0.1) is 5.92 Å². The SMILES string of the molecule is CCCCCCC(CCCC)COC(=O)CCCCC. The second-order valence-electron chi connectivity index (χ2n) is 6.00. The highest BCUT2D eigenvalue weighted by atomic mass is 16.5. The summed E-state index contributed by atoms with van der Waals surface area (Å²) in [4.78, 5) is 11.7. The Labute approximate surface area is 126 Å². The van der Waals surface area contributed by atoms with Crippen LogP contribution >= 0.6 is 0 Å². The summed E-state index contributed by atoms with van der Waals surface area (Å²) in [5.74, 6) is 0.593. The van der Waals surface area contributed by atoms with E-state index in [2.05, 4.69) is 20.8 Å². The number of hydrogen-bond donors (Lipinski definition) is 0. The Hall–Kier alpha value is -0.530. The van der Waals surface area contributed by atoms with E-state index in [9.17, 15) is 4.79 Å². The quantitative estimate of drug-likeness (QED) is 0.294.